The first-order chi connectivity index (χ1) is 12.6. The van der Waals surface area contributed by atoms with Crippen molar-refractivity contribution >= 4 is 80.7 Å². The molecule has 4 aromatic carbocycles. The van der Waals surface area contributed by atoms with Crippen LogP contribution in [0.25, 0.3) is 32.7 Å². The van der Waals surface area contributed by atoms with Crippen molar-refractivity contribution in [1.82, 2.24) is 0 Å². The molecule has 0 aliphatic carbocycles. The van der Waals surface area contributed by atoms with Crippen molar-refractivity contribution in [2.45, 2.75) is 39.5 Å². The maximum absolute atomic E-state index is 2.40. The van der Waals surface area contributed by atoms with Gasteiger partial charge >= 0.3 is 59.1 Å². The molecule has 0 aliphatic heterocycles. The summed E-state index contributed by atoms with van der Waals surface area (Å²) in [5.74, 6) is 0.971. The summed E-state index contributed by atoms with van der Waals surface area (Å²) < 4.78 is 0. The first-order valence-corrected chi connectivity index (χ1v) is 9.61. The van der Waals surface area contributed by atoms with Crippen molar-refractivity contribution in [3.63, 3.8) is 0 Å². The molecule has 4 rings (SSSR count). The average molecular weight is 386 g/mol. The molecule has 0 heterocycles. The SMILES string of the molecule is CC(C)c1c(-c2cccc3ccccc23)cc2ccccc2c1C(C)C.[NaH].[NaH]. The average Bonchev–Trinajstić information content (AvgIpc) is 2.65. The van der Waals surface area contributed by atoms with Gasteiger partial charge in [0.2, 0.25) is 0 Å². The summed E-state index contributed by atoms with van der Waals surface area (Å²) in [5.41, 5.74) is 5.73. The number of benzene rings is 4. The van der Waals surface area contributed by atoms with Gasteiger partial charge in [-0.2, -0.15) is 0 Å². The molecule has 0 N–H and O–H groups in total. The van der Waals surface area contributed by atoms with E-state index in [2.05, 4.69) is 100 Å². The first-order valence-electron chi connectivity index (χ1n) is 9.61. The zero-order chi connectivity index (χ0) is 18.3. The maximum atomic E-state index is 2.40. The molecule has 4 aromatic rings. The summed E-state index contributed by atoms with van der Waals surface area (Å²) in [4.78, 5) is 0. The van der Waals surface area contributed by atoms with Crippen molar-refractivity contribution in [2.24, 2.45) is 0 Å². The molecule has 0 unspecified atom stereocenters. The van der Waals surface area contributed by atoms with Crippen LogP contribution in [0.5, 0.6) is 0 Å². The van der Waals surface area contributed by atoms with Crippen LogP contribution in [-0.2, 0) is 0 Å². The van der Waals surface area contributed by atoms with Gasteiger partial charge in [0.05, 0.1) is 0 Å². The summed E-state index contributed by atoms with van der Waals surface area (Å²) in [6.07, 6.45) is 0. The second kappa shape index (κ2) is 9.94. The Kier molecular flexibility index (Phi) is 8.40. The van der Waals surface area contributed by atoms with Gasteiger partial charge < -0.3 is 0 Å². The Morgan fingerprint density at radius 2 is 1.04 bits per heavy atom. The predicted octanol–water partition coefficient (Wildman–Crippen LogP) is 6.61. The number of rotatable bonds is 3. The van der Waals surface area contributed by atoms with E-state index in [-0.39, 0.29) is 59.1 Å². The van der Waals surface area contributed by atoms with E-state index in [1.165, 1.54) is 43.8 Å². The summed E-state index contributed by atoms with van der Waals surface area (Å²) in [5, 5.41) is 5.37. The monoisotopic (exact) mass is 386 g/mol. The minimum atomic E-state index is 0. The molecule has 0 radical (unpaired) electrons. The fraction of sp³-hybridized carbons (Fsp3) is 0.231. The van der Waals surface area contributed by atoms with Crippen LogP contribution < -0.4 is 0 Å². The van der Waals surface area contributed by atoms with E-state index in [9.17, 15) is 0 Å². The molecule has 2 heteroatoms. The van der Waals surface area contributed by atoms with Crippen molar-refractivity contribution in [1.29, 1.82) is 0 Å². The first kappa shape index (κ1) is 23.7. The van der Waals surface area contributed by atoms with Crippen LogP contribution in [0, 0.1) is 0 Å². The second-order valence-electron chi connectivity index (χ2n) is 7.81. The minimum absolute atomic E-state index is 0. The number of fused-ring (bicyclic) bond motifs is 2. The van der Waals surface area contributed by atoms with E-state index in [1.807, 2.05) is 0 Å². The fourth-order valence-corrected chi connectivity index (χ4v) is 4.32. The molecular formula is C26H28Na2. The van der Waals surface area contributed by atoms with Crippen LogP contribution >= 0.6 is 0 Å². The summed E-state index contributed by atoms with van der Waals surface area (Å²) in [6, 6.07) is 26.6. The standard InChI is InChI=1S/C26H26.2Na.2H/c1-17(2)25-22-14-8-6-11-20(22)16-24(26(25)18(3)4)23-15-9-12-19-10-5-7-13-21(19)23;;;;/h5-18H,1-4H3;;;;. The van der Waals surface area contributed by atoms with E-state index in [0.29, 0.717) is 11.8 Å². The second-order valence-corrected chi connectivity index (χ2v) is 7.81. The summed E-state index contributed by atoms with van der Waals surface area (Å²) >= 11 is 0. The number of hydrogen-bond acceptors (Lipinski definition) is 0. The molecule has 0 nitrogen and oxygen atoms in total. The topological polar surface area (TPSA) is 0 Å². The molecule has 0 fully saturated rings. The van der Waals surface area contributed by atoms with Gasteiger partial charge in [0.15, 0.2) is 0 Å². The molecule has 0 bridgehead atoms. The van der Waals surface area contributed by atoms with Gasteiger partial charge in [0.25, 0.3) is 0 Å². The van der Waals surface area contributed by atoms with Crippen LogP contribution in [0.15, 0.2) is 72.8 Å². The third-order valence-corrected chi connectivity index (χ3v) is 5.37. The van der Waals surface area contributed by atoms with Crippen LogP contribution in [0.4, 0.5) is 0 Å². The van der Waals surface area contributed by atoms with E-state index in [0.717, 1.165) is 0 Å². The molecule has 0 aliphatic rings. The molecule has 0 amide bonds. The van der Waals surface area contributed by atoms with Gasteiger partial charge in [-0.15, -0.1) is 0 Å². The fourth-order valence-electron chi connectivity index (χ4n) is 4.32. The zero-order valence-corrected chi connectivity index (χ0v) is 16.1. The molecular weight excluding hydrogens is 358 g/mol. The van der Waals surface area contributed by atoms with Crippen LogP contribution in [0.1, 0.15) is 50.7 Å². The third-order valence-electron chi connectivity index (χ3n) is 5.37. The van der Waals surface area contributed by atoms with Gasteiger partial charge in [-0.1, -0.05) is 94.4 Å². The molecule has 0 atom stereocenters. The predicted molar refractivity (Wildman–Crippen MR) is 129 cm³/mol. The van der Waals surface area contributed by atoms with Crippen molar-refractivity contribution in [2.75, 3.05) is 0 Å². The van der Waals surface area contributed by atoms with E-state index in [4.69, 9.17) is 0 Å². The van der Waals surface area contributed by atoms with Crippen molar-refractivity contribution in [3.8, 4) is 11.1 Å². The Balaban J connectivity index is 0.00000140. The van der Waals surface area contributed by atoms with Gasteiger partial charge in [-0.3, -0.25) is 0 Å². The molecule has 28 heavy (non-hydrogen) atoms. The normalized spacial score (nSPS) is 10.9. The van der Waals surface area contributed by atoms with Crippen molar-refractivity contribution < 1.29 is 0 Å². The Hall–Kier alpha value is -0.600. The van der Waals surface area contributed by atoms with E-state index >= 15 is 0 Å². The summed E-state index contributed by atoms with van der Waals surface area (Å²) in [7, 11) is 0. The van der Waals surface area contributed by atoms with Gasteiger partial charge in [0.1, 0.15) is 0 Å². The molecule has 0 saturated carbocycles. The molecule has 134 valence electrons. The van der Waals surface area contributed by atoms with Crippen LogP contribution in [0.2, 0.25) is 0 Å². The van der Waals surface area contributed by atoms with Crippen molar-refractivity contribution in [3.05, 3.63) is 83.9 Å². The Bertz CT molecular complexity index is 1090. The molecule has 0 saturated heterocycles. The van der Waals surface area contributed by atoms with E-state index < -0.39 is 0 Å². The summed E-state index contributed by atoms with van der Waals surface area (Å²) in [6.45, 7) is 9.29. The molecule has 0 aromatic heterocycles. The third kappa shape index (κ3) is 4.29. The van der Waals surface area contributed by atoms with Gasteiger partial charge in [0, 0.05) is 0 Å². The Morgan fingerprint density at radius 1 is 0.500 bits per heavy atom. The van der Waals surface area contributed by atoms with Crippen LogP contribution in [0.3, 0.4) is 0 Å². The van der Waals surface area contributed by atoms with Gasteiger partial charge in [-0.25, -0.2) is 0 Å². The Morgan fingerprint density at radius 3 is 1.68 bits per heavy atom. The Labute approximate surface area is 213 Å². The van der Waals surface area contributed by atoms with Crippen LogP contribution in [-0.4, -0.2) is 59.1 Å². The molecule has 0 spiro atoms. The number of hydrogen-bond donors (Lipinski definition) is 0. The van der Waals surface area contributed by atoms with Gasteiger partial charge in [-0.05, 0) is 61.7 Å². The zero-order valence-electron chi connectivity index (χ0n) is 16.1. The quantitative estimate of drug-likeness (QED) is 0.348. The van der Waals surface area contributed by atoms with E-state index in [1.54, 1.807) is 0 Å².